The van der Waals surface area contributed by atoms with Crippen LogP contribution in [-0.4, -0.2) is 52.7 Å². The van der Waals surface area contributed by atoms with E-state index in [1.165, 1.54) is 21.3 Å². The van der Waals surface area contributed by atoms with Gasteiger partial charge in [0.1, 0.15) is 0 Å². The van der Waals surface area contributed by atoms with Crippen LogP contribution < -0.4 is 5.32 Å². The maximum atomic E-state index is 11.9. The van der Waals surface area contributed by atoms with Crippen molar-refractivity contribution in [1.82, 2.24) is 5.32 Å². The highest BCUT2D eigenvalue weighted by molar-refractivity contribution is 6.60. The number of amides is 1. The van der Waals surface area contributed by atoms with Crippen molar-refractivity contribution in [2.75, 3.05) is 21.3 Å². The number of nitrogens with one attached hydrogen (secondary N) is 1. The van der Waals surface area contributed by atoms with E-state index < -0.39 is 20.7 Å². The van der Waals surface area contributed by atoms with Gasteiger partial charge in [0.05, 0.1) is 5.92 Å². The molecule has 0 aliphatic heterocycles. The standard InChI is InChI=1S/C14H29NO6Si/c1-14(2,3)15-12(16)10-11(13(17)18)8-7-9-22(19-4,20-5)21-6/h11H,7-10H2,1-6H3,(H,15,16)(H,17,18). The molecule has 0 bridgehead atoms. The van der Waals surface area contributed by atoms with Gasteiger partial charge in [0.25, 0.3) is 0 Å². The van der Waals surface area contributed by atoms with Crippen molar-refractivity contribution in [1.29, 1.82) is 0 Å². The number of aliphatic carboxylic acids is 1. The minimum atomic E-state index is -2.69. The van der Waals surface area contributed by atoms with Crippen LogP contribution in [0, 0.1) is 5.92 Å². The smallest absolute Gasteiger partial charge is 0.481 e. The summed E-state index contributed by atoms with van der Waals surface area (Å²) >= 11 is 0. The van der Waals surface area contributed by atoms with Crippen molar-refractivity contribution >= 4 is 20.7 Å². The molecule has 0 fully saturated rings. The van der Waals surface area contributed by atoms with E-state index in [1.807, 2.05) is 20.8 Å². The highest BCUT2D eigenvalue weighted by Gasteiger charge is 2.37. The molecule has 0 aromatic carbocycles. The van der Waals surface area contributed by atoms with Crippen LogP contribution in [0.5, 0.6) is 0 Å². The molecule has 2 N–H and O–H groups in total. The molecule has 7 nitrogen and oxygen atoms in total. The maximum absolute atomic E-state index is 11.9. The first kappa shape index (κ1) is 21.0. The summed E-state index contributed by atoms with van der Waals surface area (Å²) < 4.78 is 15.9. The third-order valence-corrected chi connectivity index (χ3v) is 6.10. The molecule has 8 heteroatoms. The van der Waals surface area contributed by atoms with Crippen molar-refractivity contribution in [3.05, 3.63) is 0 Å². The van der Waals surface area contributed by atoms with Gasteiger partial charge in [-0.15, -0.1) is 0 Å². The van der Waals surface area contributed by atoms with Gasteiger partial charge >= 0.3 is 14.8 Å². The molecule has 0 aliphatic rings. The normalized spacial score (nSPS) is 13.7. The second-order valence-electron chi connectivity index (χ2n) is 6.23. The van der Waals surface area contributed by atoms with Crippen LogP contribution in [-0.2, 0) is 22.9 Å². The fraction of sp³-hybridized carbons (Fsp3) is 0.857. The zero-order valence-corrected chi connectivity index (χ0v) is 15.4. The predicted octanol–water partition coefficient (Wildman–Crippen LogP) is 1.65. The molecule has 0 heterocycles. The molecular weight excluding hydrogens is 306 g/mol. The monoisotopic (exact) mass is 335 g/mol. The van der Waals surface area contributed by atoms with Gasteiger partial charge in [-0.3, -0.25) is 9.59 Å². The largest absolute Gasteiger partial charge is 0.500 e. The molecule has 22 heavy (non-hydrogen) atoms. The first-order valence-electron chi connectivity index (χ1n) is 7.28. The number of carboxylic acid groups (broad SMARTS) is 1. The number of carboxylic acids is 1. The quantitative estimate of drug-likeness (QED) is 0.590. The minimum Gasteiger partial charge on any atom is -0.481 e. The van der Waals surface area contributed by atoms with E-state index in [1.54, 1.807) is 0 Å². The molecule has 1 unspecified atom stereocenters. The first-order chi connectivity index (χ1) is 10.1. The molecule has 0 saturated heterocycles. The molecule has 0 saturated carbocycles. The number of carbonyl (C=O) groups is 2. The molecule has 0 rings (SSSR count). The zero-order valence-electron chi connectivity index (χ0n) is 14.4. The van der Waals surface area contributed by atoms with Crippen LogP contribution in [0.1, 0.15) is 40.0 Å². The van der Waals surface area contributed by atoms with E-state index in [2.05, 4.69) is 5.32 Å². The minimum absolute atomic E-state index is 0.0336. The topological polar surface area (TPSA) is 94.1 Å². The summed E-state index contributed by atoms with van der Waals surface area (Å²) in [6.45, 7) is 5.57. The molecule has 0 spiro atoms. The van der Waals surface area contributed by atoms with E-state index >= 15 is 0 Å². The molecule has 0 aromatic heterocycles. The number of rotatable bonds is 10. The maximum Gasteiger partial charge on any atom is 0.500 e. The lowest BCUT2D eigenvalue weighted by molar-refractivity contribution is -0.144. The van der Waals surface area contributed by atoms with Crippen molar-refractivity contribution in [2.45, 2.75) is 51.6 Å². The van der Waals surface area contributed by atoms with Crippen LogP contribution in [0.2, 0.25) is 6.04 Å². The third-order valence-electron chi connectivity index (χ3n) is 3.26. The summed E-state index contributed by atoms with van der Waals surface area (Å²) in [6.07, 6.45) is 0.896. The summed E-state index contributed by atoms with van der Waals surface area (Å²) in [5.74, 6) is -1.95. The molecular formula is C14H29NO6Si. The van der Waals surface area contributed by atoms with Crippen LogP contribution >= 0.6 is 0 Å². The molecule has 0 aromatic rings. The second-order valence-corrected chi connectivity index (χ2v) is 9.32. The Kier molecular flexibility index (Phi) is 8.83. The Morgan fingerprint density at radius 2 is 1.64 bits per heavy atom. The van der Waals surface area contributed by atoms with Crippen molar-refractivity contribution in [3.63, 3.8) is 0 Å². The molecule has 0 aliphatic carbocycles. The van der Waals surface area contributed by atoms with E-state index in [-0.39, 0.29) is 17.9 Å². The van der Waals surface area contributed by atoms with E-state index in [0.29, 0.717) is 18.9 Å². The number of carbonyl (C=O) groups excluding carboxylic acids is 1. The Morgan fingerprint density at radius 3 is 2.00 bits per heavy atom. The van der Waals surface area contributed by atoms with Crippen LogP contribution in [0.3, 0.4) is 0 Å². The van der Waals surface area contributed by atoms with Crippen LogP contribution in [0.4, 0.5) is 0 Å². The summed E-state index contributed by atoms with van der Waals surface area (Å²) in [5, 5.41) is 12.0. The highest BCUT2D eigenvalue weighted by atomic mass is 28.4. The molecule has 1 amide bonds. The van der Waals surface area contributed by atoms with Crippen LogP contribution in [0.25, 0.3) is 0 Å². The number of hydrogen-bond acceptors (Lipinski definition) is 5. The zero-order chi connectivity index (χ0) is 17.4. The summed E-state index contributed by atoms with van der Waals surface area (Å²) in [6, 6.07) is 0.515. The van der Waals surface area contributed by atoms with Gasteiger partial charge in [0.15, 0.2) is 0 Å². The fourth-order valence-electron chi connectivity index (χ4n) is 2.13. The molecule has 1 atom stereocenters. The Labute approximate surface area is 133 Å². The number of hydrogen-bond donors (Lipinski definition) is 2. The Hall–Kier alpha value is -0.963. The van der Waals surface area contributed by atoms with Gasteiger partial charge in [0, 0.05) is 39.3 Å². The van der Waals surface area contributed by atoms with Crippen LogP contribution in [0.15, 0.2) is 0 Å². The Balaban J connectivity index is 4.49. The third kappa shape index (κ3) is 7.88. The fourth-order valence-corrected chi connectivity index (χ4v) is 3.88. The van der Waals surface area contributed by atoms with Crippen molar-refractivity contribution in [2.24, 2.45) is 5.92 Å². The lowest BCUT2D eigenvalue weighted by atomic mass is 9.98. The average molecular weight is 335 g/mol. The Bertz CT molecular complexity index is 357. The van der Waals surface area contributed by atoms with Crippen molar-refractivity contribution in [3.8, 4) is 0 Å². The second kappa shape index (κ2) is 9.24. The molecule has 130 valence electrons. The van der Waals surface area contributed by atoms with Gasteiger partial charge in [-0.25, -0.2) is 0 Å². The van der Waals surface area contributed by atoms with Gasteiger partial charge in [-0.2, -0.15) is 0 Å². The Morgan fingerprint density at radius 1 is 1.14 bits per heavy atom. The predicted molar refractivity (Wildman–Crippen MR) is 84.5 cm³/mol. The SMILES string of the molecule is CO[Si](CCCC(CC(=O)NC(C)(C)C)C(=O)O)(OC)OC. The molecule has 0 radical (unpaired) electrons. The summed E-state index contributed by atoms with van der Waals surface area (Å²) in [4.78, 5) is 23.2. The summed E-state index contributed by atoms with van der Waals surface area (Å²) in [5.41, 5.74) is -0.371. The van der Waals surface area contributed by atoms with Gasteiger partial charge in [-0.1, -0.05) is 0 Å². The van der Waals surface area contributed by atoms with E-state index in [9.17, 15) is 14.7 Å². The van der Waals surface area contributed by atoms with E-state index in [4.69, 9.17) is 13.3 Å². The lowest BCUT2D eigenvalue weighted by Gasteiger charge is -2.25. The summed E-state index contributed by atoms with van der Waals surface area (Å²) in [7, 11) is 1.86. The van der Waals surface area contributed by atoms with Crippen molar-refractivity contribution < 1.29 is 28.0 Å². The highest BCUT2D eigenvalue weighted by Crippen LogP contribution is 2.21. The van der Waals surface area contributed by atoms with Gasteiger partial charge in [0.2, 0.25) is 5.91 Å². The first-order valence-corrected chi connectivity index (χ1v) is 9.21. The van der Waals surface area contributed by atoms with E-state index in [0.717, 1.165) is 0 Å². The lowest BCUT2D eigenvalue weighted by Crippen LogP contribution is -2.43. The van der Waals surface area contributed by atoms with Gasteiger partial charge in [-0.05, 0) is 33.6 Å². The average Bonchev–Trinajstić information content (AvgIpc) is 2.40. The van der Waals surface area contributed by atoms with Gasteiger partial charge < -0.3 is 23.7 Å².